The predicted octanol–water partition coefficient (Wildman–Crippen LogP) is 2.71. The number of carbonyl (C=O) groups is 1. The minimum atomic E-state index is -0.298. The molecule has 0 aromatic heterocycles. The molecule has 1 aliphatic rings. The topological polar surface area (TPSA) is 53.9 Å². The minimum absolute atomic E-state index is 0.298. The van der Waals surface area contributed by atoms with Gasteiger partial charge in [-0.25, -0.2) is 4.79 Å². The summed E-state index contributed by atoms with van der Waals surface area (Å²) >= 11 is 0. The van der Waals surface area contributed by atoms with Gasteiger partial charge in [-0.3, -0.25) is 4.99 Å². The van der Waals surface area contributed by atoms with Gasteiger partial charge in [0, 0.05) is 26.2 Å². The van der Waals surface area contributed by atoms with Gasteiger partial charge in [-0.15, -0.1) is 0 Å². The maximum Gasteiger partial charge on any atom is 0.337 e. The third kappa shape index (κ3) is 5.25. The summed E-state index contributed by atoms with van der Waals surface area (Å²) in [5.41, 5.74) is 1.76. The van der Waals surface area contributed by atoms with Crippen molar-refractivity contribution in [1.82, 2.24) is 10.2 Å². The number of methoxy groups -OCH3 is 1. The molecule has 132 valence electrons. The molecule has 1 saturated heterocycles. The Labute approximate surface area is 145 Å². The van der Waals surface area contributed by atoms with Crippen molar-refractivity contribution in [3.8, 4) is 0 Å². The minimum Gasteiger partial charge on any atom is -0.465 e. The fourth-order valence-electron chi connectivity index (χ4n) is 3.02. The number of piperidine rings is 1. The molecule has 5 heteroatoms. The van der Waals surface area contributed by atoms with E-state index in [-0.39, 0.29) is 5.97 Å². The van der Waals surface area contributed by atoms with E-state index in [4.69, 9.17) is 9.73 Å². The van der Waals surface area contributed by atoms with Crippen LogP contribution in [-0.2, 0) is 11.2 Å². The van der Waals surface area contributed by atoms with Crippen molar-refractivity contribution in [2.75, 3.05) is 33.3 Å². The van der Waals surface area contributed by atoms with Crippen LogP contribution in [0.2, 0.25) is 0 Å². The second kappa shape index (κ2) is 9.30. The molecule has 1 heterocycles. The van der Waals surface area contributed by atoms with E-state index >= 15 is 0 Å². The molecule has 1 atom stereocenters. The van der Waals surface area contributed by atoms with Crippen LogP contribution in [-0.4, -0.2) is 50.1 Å². The summed E-state index contributed by atoms with van der Waals surface area (Å²) in [6, 6.07) is 7.56. The summed E-state index contributed by atoms with van der Waals surface area (Å²) in [6.45, 7) is 8.21. The molecule has 1 N–H and O–H groups in total. The normalized spacial score (nSPS) is 18.4. The largest absolute Gasteiger partial charge is 0.465 e. The molecule has 2 rings (SSSR count). The summed E-state index contributed by atoms with van der Waals surface area (Å²) in [6.07, 6.45) is 3.41. The maximum absolute atomic E-state index is 11.4. The average molecular weight is 331 g/mol. The van der Waals surface area contributed by atoms with Gasteiger partial charge in [0.1, 0.15) is 0 Å². The molecule has 1 aromatic rings. The van der Waals surface area contributed by atoms with Gasteiger partial charge in [-0.05, 0) is 49.8 Å². The molecular weight excluding hydrogens is 302 g/mol. The zero-order valence-electron chi connectivity index (χ0n) is 15.0. The third-order valence-corrected chi connectivity index (χ3v) is 4.33. The number of nitrogens with one attached hydrogen (secondary N) is 1. The third-order valence-electron chi connectivity index (χ3n) is 4.33. The SMILES string of the molecule is CCNC(=NCCc1ccc(C(=O)OC)cc1)N1CCCC(C)C1. The second-order valence-electron chi connectivity index (χ2n) is 6.37. The zero-order valence-corrected chi connectivity index (χ0v) is 15.0. The summed E-state index contributed by atoms with van der Waals surface area (Å²) in [4.78, 5) is 18.6. The van der Waals surface area contributed by atoms with E-state index in [9.17, 15) is 4.79 Å². The molecule has 1 aliphatic heterocycles. The number of likely N-dealkylation sites (tertiary alicyclic amines) is 1. The Morgan fingerprint density at radius 2 is 2.12 bits per heavy atom. The van der Waals surface area contributed by atoms with Crippen molar-refractivity contribution in [3.05, 3.63) is 35.4 Å². The van der Waals surface area contributed by atoms with Gasteiger partial charge in [0.15, 0.2) is 5.96 Å². The molecule has 1 aromatic carbocycles. The standard InChI is InChI=1S/C19H29N3O2/c1-4-20-19(22-13-5-6-15(2)14-22)21-12-11-16-7-9-17(10-8-16)18(23)24-3/h7-10,15H,4-6,11-14H2,1-3H3,(H,20,21). The highest BCUT2D eigenvalue weighted by Gasteiger charge is 2.18. The number of ether oxygens (including phenoxy) is 1. The number of hydrogen-bond acceptors (Lipinski definition) is 3. The molecule has 5 nitrogen and oxygen atoms in total. The lowest BCUT2D eigenvalue weighted by molar-refractivity contribution is 0.0600. The summed E-state index contributed by atoms with van der Waals surface area (Å²) in [7, 11) is 1.40. The van der Waals surface area contributed by atoms with E-state index < -0.39 is 0 Å². The van der Waals surface area contributed by atoms with Crippen molar-refractivity contribution < 1.29 is 9.53 Å². The number of hydrogen-bond donors (Lipinski definition) is 1. The highest BCUT2D eigenvalue weighted by atomic mass is 16.5. The Bertz CT molecular complexity index is 554. The van der Waals surface area contributed by atoms with Crippen molar-refractivity contribution in [2.45, 2.75) is 33.1 Å². The molecule has 0 bridgehead atoms. The molecule has 1 unspecified atom stereocenters. The van der Waals surface area contributed by atoms with Crippen LogP contribution in [0.25, 0.3) is 0 Å². The molecule has 24 heavy (non-hydrogen) atoms. The van der Waals surface area contributed by atoms with E-state index in [1.165, 1.54) is 25.5 Å². The number of aliphatic imine (C=N–C) groups is 1. The zero-order chi connectivity index (χ0) is 17.4. The Morgan fingerprint density at radius 1 is 1.38 bits per heavy atom. The van der Waals surface area contributed by atoms with E-state index in [0.717, 1.165) is 44.5 Å². The van der Waals surface area contributed by atoms with Crippen LogP contribution in [0.1, 0.15) is 42.6 Å². The number of esters is 1. The highest BCUT2D eigenvalue weighted by Crippen LogP contribution is 2.15. The molecular formula is C19H29N3O2. The smallest absolute Gasteiger partial charge is 0.337 e. The number of guanidine groups is 1. The maximum atomic E-state index is 11.4. The van der Waals surface area contributed by atoms with Gasteiger partial charge in [0.05, 0.1) is 12.7 Å². The Hall–Kier alpha value is -2.04. The Balaban J connectivity index is 1.92. The summed E-state index contributed by atoms with van der Waals surface area (Å²) in [5.74, 6) is 1.46. The fraction of sp³-hybridized carbons (Fsp3) is 0.579. The van der Waals surface area contributed by atoms with E-state index in [2.05, 4.69) is 24.1 Å². The molecule has 0 amide bonds. The van der Waals surface area contributed by atoms with Gasteiger partial charge in [0.25, 0.3) is 0 Å². The van der Waals surface area contributed by atoms with Crippen molar-refractivity contribution in [3.63, 3.8) is 0 Å². The lowest BCUT2D eigenvalue weighted by atomic mass is 10.0. The van der Waals surface area contributed by atoms with E-state index in [1.54, 1.807) is 0 Å². The number of carbonyl (C=O) groups excluding carboxylic acids is 1. The van der Waals surface area contributed by atoms with Crippen LogP contribution in [0.4, 0.5) is 0 Å². The molecule has 0 aliphatic carbocycles. The molecule has 0 saturated carbocycles. The highest BCUT2D eigenvalue weighted by molar-refractivity contribution is 5.89. The number of benzene rings is 1. The van der Waals surface area contributed by atoms with Gasteiger partial charge in [-0.1, -0.05) is 19.1 Å². The lowest BCUT2D eigenvalue weighted by Gasteiger charge is -2.33. The van der Waals surface area contributed by atoms with Crippen LogP contribution in [0.3, 0.4) is 0 Å². The van der Waals surface area contributed by atoms with E-state index in [0.29, 0.717) is 5.56 Å². The fourth-order valence-corrected chi connectivity index (χ4v) is 3.02. The molecule has 0 radical (unpaired) electrons. The molecule has 1 fully saturated rings. The molecule has 0 spiro atoms. The van der Waals surface area contributed by atoms with Crippen LogP contribution >= 0.6 is 0 Å². The van der Waals surface area contributed by atoms with Gasteiger partial charge >= 0.3 is 5.97 Å². The average Bonchev–Trinajstić information content (AvgIpc) is 2.61. The Morgan fingerprint density at radius 3 is 2.75 bits per heavy atom. The van der Waals surface area contributed by atoms with Crippen molar-refractivity contribution >= 4 is 11.9 Å². The quantitative estimate of drug-likeness (QED) is 0.512. The predicted molar refractivity (Wildman–Crippen MR) is 97.4 cm³/mol. The van der Waals surface area contributed by atoms with Crippen molar-refractivity contribution in [1.29, 1.82) is 0 Å². The Kier molecular flexibility index (Phi) is 7.09. The van der Waals surface area contributed by atoms with Gasteiger partial charge < -0.3 is 15.0 Å². The second-order valence-corrected chi connectivity index (χ2v) is 6.37. The van der Waals surface area contributed by atoms with Gasteiger partial charge in [0.2, 0.25) is 0 Å². The van der Waals surface area contributed by atoms with Crippen LogP contribution in [0, 0.1) is 5.92 Å². The monoisotopic (exact) mass is 331 g/mol. The summed E-state index contributed by atoms with van der Waals surface area (Å²) < 4.78 is 4.72. The first kappa shape index (κ1) is 18.3. The number of rotatable bonds is 5. The number of nitrogens with zero attached hydrogens (tertiary/aromatic N) is 2. The van der Waals surface area contributed by atoms with E-state index in [1.807, 2.05) is 24.3 Å². The summed E-state index contributed by atoms with van der Waals surface area (Å²) in [5, 5.41) is 3.41. The van der Waals surface area contributed by atoms with Crippen LogP contribution in [0.15, 0.2) is 29.3 Å². The first-order valence-electron chi connectivity index (χ1n) is 8.84. The van der Waals surface area contributed by atoms with Gasteiger partial charge in [-0.2, -0.15) is 0 Å². The first-order chi connectivity index (χ1) is 11.6. The first-order valence-corrected chi connectivity index (χ1v) is 8.84. The lowest BCUT2D eigenvalue weighted by Crippen LogP contribution is -2.46. The van der Waals surface area contributed by atoms with Crippen LogP contribution in [0.5, 0.6) is 0 Å². The van der Waals surface area contributed by atoms with Crippen LogP contribution < -0.4 is 5.32 Å². The van der Waals surface area contributed by atoms with Crippen molar-refractivity contribution in [2.24, 2.45) is 10.9 Å².